The summed E-state index contributed by atoms with van der Waals surface area (Å²) < 4.78 is 29.4. The van der Waals surface area contributed by atoms with Gasteiger partial charge in [-0.3, -0.25) is 14.9 Å². The number of carbonyl (C=O) groups is 1. The van der Waals surface area contributed by atoms with Gasteiger partial charge in [-0.15, -0.1) is 0 Å². The third kappa shape index (κ3) is 3.42. The number of aldehydes is 1. The van der Waals surface area contributed by atoms with Gasteiger partial charge in [-0.2, -0.15) is 8.42 Å². The topological polar surface area (TPSA) is 104 Å². The van der Waals surface area contributed by atoms with Gasteiger partial charge >= 0.3 is 15.8 Å². The number of hydrogen-bond acceptors (Lipinski definition) is 6. The molecule has 2 aromatic rings. The highest BCUT2D eigenvalue weighted by Crippen LogP contribution is 2.35. The summed E-state index contributed by atoms with van der Waals surface area (Å²) in [6, 6.07) is 9.53. The summed E-state index contributed by atoms with van der Waals surface area (Å²) in [4.78, 5) is 20.9. The van der Waals surface area contributed by atoms with Crippen molar-refractivity contribution in [1.82, 2.24) is 0 Å². The Hall–Kier alpha value is -2.01. The minimum Gasteiger partial charge on any atom is -0.370 e. The average molecular weight is 433 g/mol. The first-order chi connectivity index (χ1) is 10.3. The maximum Gasteiger partial charge on any atom is 0.339 e. The molecule has 114 valence electrons. The molecule has 0 heterocycles. The molecule has 0 fully saturated rings. The number of nitro benzene ring substituents is 1. The van der Waals surface area contributed by atoms with Crippen molar-refractivity contribution in [2.24, 2.45) is 0 Å². The predicted molar refractivity (Wildman–Crippen MR) is 85.5 cm³/mol. The number of nitro groups is 1. The molecule has 0 saturated heterocycles. The van der Waals surface area contributed by atoms with Crippen LogP contribution in [0.5, 0.6) is 5.75 Å². The number of nitrogens with zero attached hydrogens (tertiary/aromatic N) is 1. The number of rotatable bonds is 5. The van der Waals surface area contributed by atoms with Crippen molar-refractivity contribution >= 4 is 44.7 Å². The lowest BCUT2D eigenvalue weighted by molar-refractivity contribution is -0.385. The van der Waals surface area contributed by atoms with Crippen LogP contribution in [-0.2, 0) is 10.1 Å². The zero-order valence-electron chi connectivity index (χ0n) is 10.8. The van der Waals surface area contributed by atoms with E-state index in [4.69, 9.17) is 4.18 Å². The highest BCUT2D eigenvalue weighted by atomic mass is 127. The Balaban J connectivity index is 2.54. The van der Waals surface area contributed by atoms with Gasteiger partial charge in [-0.25, -0.2) is 0 Å². The van der Waals surface area contributed by atoms with Crippen LogP contribution in [0, 0.1) is 13.7 Å². The van der Waals surface area contributed by atoms with E-state index in [1.165, 1.54) is 30.3 Å². The number of carbonyl (C=O) groups excluding carboxylic acids is 1. The molecule has 9 heteroatoms. The third-order valence-electron chi connectivity index (χ3n) is 2.60. The summed E-state index contributed by atoms with van der Waals surface area (Å²) in [5.74, 6) is -0.417. The van der Waals surface area contributed by atoms with Crippen molar-refractivity contribution in [2.75, 3.05) is 0 Å². The van der Waals surface area contributed by atoms with Crippen LogP contribution in [0.25, 0.3) is 0 Å². The second-order valence-electron chi connectivity index (χ2n) is 4.08. The first-order valence-electron chi connectivity index (χ1n) is 5.78. The first-order valence-corrected chi connectivity index (χ1v) is 8.26. The van der Waals surface area contributed by atoms with Crippen LogP contribution in [0.4, 0.5) is 5.69 Å². The minimum absolute atomic E-state index is 0.0561. The van der Waals surface area contributed by atoms with Gasteiger partial charge in [-0.05, 0) is 40.8 Å². The number of hydrogen-bond donors (Lipinski definition) is 0. The maximum atomic E-state index is 12.2. The fraction of sp³-hybridized carbons (Fsp3) is 0. The molecule has 0 unspecified atom stereocenters. The lowest BCUT2D eigenvalue weighted by Crippen LogP contribution is -2.12. The standard InChI is InChI=1S/C13H8INO6S/c14-11-6-9(8-16)7-12(15(17)18)13(11)21-22(19,20)10-4-2-1-3-5-10/h1-8H. The van der Waals surface area contributed by atoms with Gasteiger partial charge < -0.3 is 4.18 Å². The molecule has 0 aliphatic heterocycles. The van der Waals surface area contributed by atoms with E-state index < -0.39 is 26.5 Å². The summed E-state index contributed by atoms with van der Waals surface area (Å²) >= 11 is 1.67. The van der Waals surface area contributed by atoms with Crippen LogP contribution in [0.15, 0.2) is 47.4 Å². The molecule has 0 atom stereocenters. The largest absolute Gasteiger partial charge is 0.370 e. The van der Waals surface area contributed by atoms with Gasteiger partial charge in [0, 0.05) is 11.6 Å². The Morgan fingerprint density at radius 3 is 2.36 bits per heavy atom. The van der Waals surface area contributed by atoms with Gasteiger partial charge in [0.15, 0.2) is 0 Å². The predicted octanol–water partition coefficient (Wildman–Crippen LogP) is 2.78. The molecule has 22 heavy (non-hydrogen) atoms. The van der Waals surface area contributed by atoms with Crippen molar-refractivity contribution in [3.8, 4) is 5.75 Å². The van der Waals surface area contributed by atoms with Gasteiger partial charge in [0.05, 0.1) is 8.49 Å². The molecule has 2 aromatic carbocycles. The van der Waals surface area contributed by atoms with Gasteiger partial charge in [-0.1, -0.05) is 18.2 Å². The fourth-order valence-electron chi connectivity index (χ4n) is 1.63. The monoisotopic (exact) mass is 433 g/mol. The van der Waals surface area contributed by atoms with E-state index >= 15 is 0 Å². The molecule has 0 aliphatic carbocycles. The van der Waals surface area contributed by atoms with Crippen LogP contribution in [0.2, 0.25) is 0 Å². The lowest BCUT2D eigenvalue weighted by Gasteiger charge is -2.09. The third-order valence-corrected chi connectivity index (χ3v) is 4.64. The molecule has 0 saturated carbocycles. The molecule has 0 bridgehead atoms. The van der Waals surface area contributed by atoms with E-state index in [-0.39, 0.29) is 14.0 Å². The van der Waals surface area contributed by atoms with E-state index in [0.29, 0.717) is 6.29 Å². The highest BCUT2D eigenvalue weighted by molar-refractivity contribution is 14.1. The quantitative estimate of drug-likeness (QED) is 0.236. The molecule has 2 rings (SSSR count). The highest BCUT2D eigenvalue weighted by Gasteiger charge is 2.26. The lowest BCUT2D eigenvalue weighted by atomic mass is 10.2. The van der Waals surface area contributed by atoms with E-state index in [2.05, 4.69) is 0 Å². The van der Waals surface area contributed by atoms with Crippen LogP contribution < -0.4 is 4.18 Å². The van der Waals surface area contributed by atoms with Crippen molar-refractivity contribution in [3.05, 3.63) is 61.7 Å². The van der Waals surface area contributed by atoms with E-state index in [0.717, 1.165) is 6.07 Å². The number of benzene rings is 2. The molecule has 0 amide bonds. The Bertz CT molecular complexity index is 835. The van der Waals surface area contributed by atoms with E-state index in [1.807, 2.05) is 0 Å². The van der Waals surface area contributed by atoms with Crippen molar-refractivity contribution in [3.63, 3.8) is 0 Å². The van der Waals surface area contributed by atoms with E-state index in [1.54, 1.807) is 28.7 Å². The SMILES string of the molecule is O=Cc1cc(I)c(OS(=O)(=O)c2ccccc2)c([N+](=O)[O-])c1. The molecule has 7 nitrogen and oxygen atoms in total. The zero-order chi connectivity index (χ0) is 16.3. The molecule has 0 spiro atoms. The summed E-state index contributed by atoms with van der Waals surface area (Å²) in [6.07, 6.45) is 0.435. The number of halogens is 1. The summed E-state index contributed by atoms with van der Waals surface area (Å²) in [7, 11) is -4.21. The average Bonchev–Trinajstić information content (AvgIpc) is 2.49. The van der Waals surface area contributed by atoms with Crippen molar-refractivity contribution in [2.45, 2.75) is 4.90 Å². The van der Waals surface area contributed by atoms with Crippen LogP contribution in [0.3, 0.4) is 0 Å². The summed E-state index contributed by atoms with van der Waals surface area (Å²) in [5.41, 5.74) is -0.533. The molecule has 0 aromatic heterocycles. The summed E-state index contributed by atoms with van der Waals surface area (Å²) in [6.45, 7) is 0. The minimum atomic E-state index is -4.21. The maximum absolute atomic E-state index is 12.2. The smallest absolute Gasteiger partial charge is 0.339 e. The molecule has 0 radical (unpaired) electrons. The second-order valence-corrected chi connectivity index (χ2v) is 6.78. The Morgan fingerprint density at radius 1 is 1.18 bits per heavy atom. The Morgan fingerprint density at radius 2 is 1.82 bits per heavy atom. The van der Waals surface area contributed by atoms with Gasteiger partial charge in [0.1, 0.15) is 11.2 Å². The molecule has 0 aliphatic rings. The van der Waals surface area contributed by atoms with Gasteiger partial charge in [0.2, 0.25) is 5.75 Å². The normalized spacial score (nSPS) is 11.0. The molecular weight excluding hydrogens is 425 g/mol. The van der Waals surface area contributed by atoms with Crippen molar-refractivity contribution in [1.29, 1.82) is 0 Å². The molecule has 0 N–H and O–H groups in total. The van der Waals surface area contributed by atoms with Crippen LogP contribution in [-0.4, -0.2) is 19.6 Å². The zero-order valence-corrected chi connectivity index (χ0v) is 13.8. The Labute approximate surface area is 139 Å². The summed E-state index contributed by atoms with van der Waals surface area (Å²) in [5, 5.41) is 11.1. The second kappa shape index (κ2) is 6.40. The van der Waals surface area contributed by atoms with Crippen LogP contribution >= 0.6 is 22.6 Å². The van der Waals surface area contributed by atoms with Crippen molar-refractivity contribution < 1.29 is 22.3 Å². The Kier molecular flexibility index (Phi) is 4.76. The fourth-order valence-corrected chi connectivity index (χ4v) is 3.51. The molecular formula is C13H8INO6S. The first kappa shape index (κ1) is 16.4. The van der Waals surface area contributed by atoms with Gasteiger partial charge in [0.25, 0.3) is 0 Å². The van der Waals surface area contributed by atoms with E-state index in [9.17, 15) is 23.3 Å². The van der Waals surface area contributed by atoms with Crippen LogP contribution in [0.1, 0.15) is 10.4 Å².